The van der Waals surface area contributed by atoms with Crippen LogP contribution in [0.3, 0.4) is 0 Å². The molecule has 1 saturated heterocycles. The largest absolute Gasteiger partial charge is 0.387 e. The molecule has 8 nitrogen and oxygen atoms in total. The first-order chi connectivity index (χ1) is 15.7. The SMILES string of the molecule is CC1(CNC(=O)c2ccc(Cl)s2)CC(c2ccc(C(=N)N3CCC(C(N)=O)CC3)cc2)=NO1. The smallest absolute Gasteiger partial charge is 0.261 e. The minimum atomic E-state index is -0.637. The zero-order valence-corrected chi connectivity index (χ0v) is 19.8. The summed E-state index contributed by atoms with van der Waals surface area (Å²) < 4.78 is 0.570. The highest BCUT2D eigenvalue weighted by Crippen LogP contribution is 2.27. The Kier molecular flexibility index (Phi) is 6.71. The number of hydrogen-bond donors (Lipinski definition) is 3. The van der Waals surface area contributed by atoms with Crippen molar-refractivity contribution in [3.63, 3.8) is 0 Å². The van der Waals surface area contributed by atoms with E-state index in [0.29, 0.717) is 53.9 Å². The Labute approximate surface area is 201 Å². The van der Waals surface area contributed by atoms with Crippen molar-refractivity contribution in [2.75, 3.05) is 19.6 Å². The average molecular weight is 488 g/mol. The van der Waals surface area contributed by atoms with Crippen LogP contribution in [0.5, 0.6) is 0 Å². The lowest BCUT2D eigenvalue weighted by Crippen LogP contribution is -2.41. The van der Waals surface area contributed by atoms with E-state index in [0.717, 1.165) is 16.8 Å². The summed E-state index contributed by atoms with van der Waals surface area (Å²) in [5.41, 5.74) is 7.28. The molecule has 2 aliphatic rings. The zero-order chi connectivity index (χ0) is 23.6. The van der Waals surface area contributed by atoms with Gasteiger partial charge in [0, 0.05) is 31.0 Å². The molecule has 0 bridgehead atoms. The summed E-state index contributed by atoms with van der Waals surface area (Å²) in [6, 6.07) is 11.1. The molecule has 0 aliphatic carbocycles. The number of likely N-dealkylation sites (tertiary alicyclic amines) is 1. The minimum absolute atomic E-state index is 0.0981. The van der Waals surface area contributed by atoms with Gasteiger partial charge < -0.3 is 20.8 Å². The Morgan fingerprint density at radius 2 is 1.97 bits per heavy atom. The van der Waals surface area contributed by atoms with Gasteiger partial charge in [0.15, 0.2) is 5.60 Å². The second-order valence-corrected chi connectivity index (χ2v) is 10.3. The highest BCUT2D eigenvalue weighted by Gasteiger charge is 2.35. The number of nitrogens with two attached hydrogens (primary N) is 1. The lowest BCUT2D eigenvalue weighted by molar-refractivity contribution is -0.122. The summed E-state index contributed by atoms with van der Waals surface area (Å²) in [6.45, 7) is 3.52. The van der Waals surface area contributed by atoms with E-state index in [1.807, 2.05) is 36.1 Å². The number of hydrogen-bond acceptors (Lipinski definition) is 6. The van der Waals surface area contributed by atoms with Crippen molar-refractivity contribution in [3.8, 4) is 0 Å². The number of amidine groups is 1. The van der Waals surface area contributed by atoms with E-state index in [-0.39, 0.29) is 17.7 Å². The molecular formula is C23H26ClN5O3S. The lowest BCUT2D eigenvalue weighted by atomic mass is 9.94. The topological polar surface area (TPSA) is 121 Å². The number of amides is 2. The van der Waals surface area contributed by atoms with Crippen molar-refractivity contribution in [2.24, 2.45) is 16.8 Å². The summed E-state index contributed by atoms with van der Waals surface area (Å²) >= 11 is 7.13. The molecule has 1 aromatic heterocycles. The Balaban J connectivity index is 1.31. The molecule has 2 amide bonds. The highest BCUT2D eigenvalue weighted by molar-refractivity contribution is 7.18. The Bertz CT molecular complexity index is 1090. The lowest BCUT2D eigenvalue weighted by Gasteiger charge is -2.32. The third-order valence-corrected chi connectivity index (χ3v) is 7.27. The van der Waals surface area contributed by atoms with E-state index in [2.05, 4.69) is 10.5 Å². The first-order valence-electron chi connectivity index (χ1n) is 10.8. The molecule has 1 fully saturated rings. The van der Waals surface area contributed by atoms with Crippen LogP contribution in [-0.4, -0.2) is 53.5 Å². The van der Waals surface area contributed by atoms with Crippen LogP contribution in [0.1, 0.15) is 47.0 Å². The van der Waals surface area contributed by atoms with Crippen LogP contribution in [0.25, 0.3) is 0 Å². The number of oxime groups is 1. The van der Waals surface area contributed by atoms with E-state index in [4.69, 9.17) is 27.6 Å². The molecule has 4 rings (SSSR count). The molecule has 4 N–H and O–H groups in total. The van der Waals surface area contributed by atoms with Crippen LogP contribution in [0.4, 0.5) is 0 Å². The molecule has 1 unspecified atom stereocenters. The maximum absolute atomic E-state index is 12.3. The minimum Gasteiger partial charge on any atom is -0.387 e. The molecule has 2 aliphatic heterocycles. The number of thiophene rings is 1. The van der Waals surface area contributed by atoms with Crippen molar-refractivity contribution >= 4 is 46.3 Å². The monoisotopic (exact) mass is 487 g/mol. The van der Waals surface area contributed by atoms with Crippen LogP contribution in [-0.2, 0) is 9.63 Å². The van der Waals surface area contributed by atoms with E-state index in [1.165, 1.54) is 11.3 Å². The molecule has 3 heterocycles. The van der Waals surface area contributed by atoms with Gasteiger partial charge in [-0.3, -0.25) is 15.0 Å². The van der Waals surface area contributed by atoms with Gasteiger partial charge in [0.05, 0.1) is 21.5 Å². The average Bonchev–Trinajstić information content (AvgIpc) is 3.43. The standard InChI is InChI=1S/C23H26ClN5O3S/c1-23(13-27-22(31)18-6-7-19(24)33-18)12-17(28-32-23)14-2-4-15(5-3-14)20(25)29-10-8-16(9-11-29)21(26)30/h2-7,16,25H,8-13H2,1H3,(H2,26,30)(H,27,31). The number of halogens is 1. The summed E-state index contributed by atoms with van der Waals surface area (Å²) in [4.78, 5) is 31.8. The summed E-state index contributed by atoms with van der Waals surface area (Å²) in [5, 5.41) is 15.6. The van der Waals surface area contributed by atoms with Gasteiger partial charge in [-0.05, 0) is 37.5 Å². The molecule has 0 saturated carbocycles. The van der Waals surface area contributed by atoms with E-state index >= 15 is 0 Å². The van der Waals surface area contributed by atoms with Crippen molar-refractivity contribution in [1.82, 2.24) is 10.2 Å². The van der Waals surface area contributed by atoms with Gasteiger partial charge in [0.25, 0.3) is 5.91 Å². The number of nitrogens with zero attached hydrogens (tertiary/aromatic N) is 2. The predicted molar refractivity (Wildman–Crippen MR) is 129 cm³/mol. The first kappa shape index (κ1) is 23.3. The van der Waals surface area contributed by atoms with Gasteiger partial charge in [0.2, 0.25) is 5.91 Å². The first-order valence-corrected chi connectivity index (χ1v) is 12.0. The van der Waals surface area contributed by atoms with Gasteiger partial charge in [0.1, 0.15) is 5.84 Å². The third kappa shape index (κ3) is 5.36. The van der Waals surface area contributed by atoms with Crippen molar-refractivity contribution in [3.05, 3.63) is 56.7 Å². The van der Waals surface area contributed by atoms with Crippen molar-refractivity contribution in [2.45, 2.75) is 31.8 Å². The van der Waals surface area contributed by atoms with Crippen LogP contribution in [0.15, 0.2) is 41.6 Å². The van der Waals surface area contributed by atoms with Gasteiger partial charge >= 0.3 is 0 Å². The van der Waals surface area contributed by atoms with Crippen molar-refractivity contribution < 1.29 is 14.4 Å². The molecule has 0 radical (unpaired) electrons. The van der Waals surface area contributed by atoms with Crippen LogP contribution >= 0.6 is 22.9 Å². The van der Waals surface area contributed by atoms with Crippen LogP contribution in [0.2, 0.25) is 4.34 Å². The van der Waals surface area contributed by atoms with Crippen LogP contribution in [0, 0.1) is 11.3 Å². The maximum atomic E-state index is 12.3. The van der Waals surface area contributed by atoms with Gasteiger partial charge in [-0.15, -0.1) is 11.3 Å². The molecule has 2 aromatic rings. The quantitative estimate of drug-likeness (QED) is 0.427. The molecular weight excluding hydrogens is 462 g/mol. The number of carbonyl (C=O) groups is 2. The van der Waals surface area contributed by atoms with Crippen molar-refractivity contribution in [1.29, 1.82) is 5.41 Å². The van der Waals surface area contributed by atoms with E-state index in [9.17, 15) is 9.59 Å². The Hall–Kier alpha value is -2.91. The number of primary amides is 1. The predicted octanol–water partition coefficient (Wildman–Crippen LogP) is 3.24. The Morgan fingerprint density at radius 1 is 1.27 bits per heavy atom. The fraction of sp³-hybridized carbons (Fsp3) is 0.391. The van der Waals surface area contributed by atoms with E-state index < -0.39 is 5.60 Å². The van der Waals surface area contributed by atoms with Gasteiger partial charge in [-0.25, -0.2) is 0 Å². The third-order valence-electron chi connectivity index (χ3n) is 6.04. The Morgan fingerprint density at radius 3 is 2.58 bits per heavy atom. The fourth-order valence-electron chi connectivity index (χ4n) is 4.01. The maximum Gasteiger partial charge on any atom is 0.261 e. The second-order valence-electron chi connectivity index (χ2n) is 8.63. The van der Waals surface area contributed by atoms with Gasteiger partial charge in [-0.2, -0.15) is 0 Å². The number of rotatable bonds is 6. The number of carbonyl (C=O) groups excluding carboxylic acids is 2. The fourth-order valence-corrected chi connectivity index (χ4v) is 4.97. The highest BCUT2D eigenvalue weighted by atomic mass is 35.5. The summed E-state index contributed by atoms with van der Waals surface area (Å²) in [7, 11) is 0. The molecule has 0 spiro atoms. The summed E-state index contributed by atoms with van der Waals surface area (Å²) in [6.07, 6.45) is 1.91. The molecule has 1 atom stereocenters. The number of piperidine rings is 1. The normalized spacial score (nSPS) is 20.8. The summed E-state index contributed by atoms with van der Waals surface area (Å²) in [5.74, 6) is -0.102. The number of nitrogens with one attached hydrogen (secondary N) is 2. The van der Waals surface area contributed by atoms with Crippen LogP contribution < -0.4 is 11.1 Å². The molecule has 10 heteroatoms. The second kappa shape index (κ2) is 9.52. The number of benzene rings is 1. The molecule has 174 valence electrons. The molecule has 1 aromatic carbocycles. The zero-order valence-electron chi connectivity index (χ0n) is 18.3. The molecule has 33 heavy (non-hydrogen) atoms. The van der Waals surface area contributed by atoms with E-state index in [1.54, 1.807) is 12.1 Å². The van der Waals surface area contributed by atoms with Gasteiger partial charge in [-0.1, -0.05) is 41.0 Å².